The second-order valence-electron chi connectivity index (χ2n) is 5.12. The van der Waals surface area contributed by atoms with Crippen LogP contribution in [-0.4, -0.2) is 47.4 Å². The van der Waals surface area contributed by atoms with E-state index in [1.807, 2.05) is 0 Å². The normalized spacial score (nSPS) is 23.4. The molecule has 19 heavy (non-hydrogen) atoms. The van der Waals surface area contributed by atoms with Gasteiger partial charge in [0.1, 0.15) is 5.82 Å². The molecule has 4 N–H and O–H groups in total. The number of hydrogen-bond acceptors (Lipinski definition) is 5. The molecule has 0 aromatic carbocycles. The van der Waals surface area contributed by atoms with Crippen molar-refractivity contribution < 1.29 is 13.5 Å². The van der Waals surface area contributed by atoms with Crippen molar-refractivity contribution in [2.24, 2.45) is 5.92 Å². The number of nitrogens with zero attached hydrogens (tertiary/aromatic N) is 2. The number of anilines is 1. The Bertz CT molecular complexity index is 528. The van der Waals surface area contributed by atoms with Gasteiger partial charge in [0, 0.05) is 18.7 Å². The summed E-state index contributed by atoms with van der Waals surface area (Å²) in [6.07, 6.45) is 4.27. The number of rotatable bonds is 4. The van der Waals surface area contributed by atoms with E-state index >= 15 is 0 Å². The summed E-state index contributed by atoms with van der Waals surface area (Å²) in [4.78, 5) is 0. The number of aromatic amines is 1. The lowest BCUT2D eigenvalue weighted by Crippen LogP contribution is -2.39. The van der Waals surface area contributed by atoms with Gasteiger partial charge in [-0.3, -0.25) is 5.10 Å². The molecule has 1 aliphatic heterocycles. The number of nitrogens with two attached hydrogens (primary N) is 1. The van der Waals surface area contributed by atoms with Gasteiger partial charge in [-0.15, -0.1) is 0 Å². The number of hydrogen-bond donors (Lipinski definition) is 3. The number of sulfonamides is 1. The monoisotopic (exact) mass is 288 g/mol. The first-order chi connectivity index (χ1) is 8.88. The molecule has 1 fully saturated rings. The fourth-order valence-corrected chi connectivity index (χ4v) is 3.48. The van der Waals surface area contributed by atoms with E-state index in [1.165, 1.54) is 16.8 Å². The first-order valence-corrected chi connectivity index (χ1v) is 8.14. The lowest BCUT2D eigenvalue weighted by Gasteiger charge is -2.31. The lowest BCUT2D eigenvalue weighted by atomic mass is 9.91. The Morgan fingerprint density at radius 1 is 1.68 bits per heavy atom. The van der Waals surface area contributed by atoms with Gasteiger partial charge >= 0.3 is 0 Å². The zero-order chi connectivity index (χ0) is 14.0. The highest BCUT2D eigenvalue weighted by atomic mass is 32.2. The van der Waals surface area contributed by atoms with E-state index in [0.717, 1.165) is 12.8 Å². The van der Waals surface area contributed by atoms with Gasteiger partial charge in [-0.1, -0.05) is 0 Å². The summed E-state index contributed by atoms with van der Waals surface area (Å²) >= 11 is 0. The zero-order valence-electron chi connectivity index (χ0n) is 10.9. The van der Waals surface area contributed by atoms with Crippen molar-refractivity contribution in [2.75, 3.05) is 25.1 Å². The second-order valence-corrected chi connectivity index (χ2v) is 7.10. The number of aliphatic hydroxyl groups is 1. The Morgan fingerprint density at radius 2 is 2.42 bits per heavy atom. The van der Waals surface area contributed by atoms with Crippen LogP contribution in [0.1, 0.15) is 30.9 Å². The molecule has 1 saturated heterocycles. The van der Waals surface area contributed by atoms with Crippen LogP contribution in [0.15, 0.2) is 6.20 Å². The maximum absolute atomic E-state index is 11.5. The van der Waals surface area contributed by atoms with Gasteiger partial charge in [0.25, 0.3) is 0 Å². The number of piperidine rings is 1. The summed E-state index contributed by atoms with van der Waals surface area (Å²) in [5.74, 6) is 0.510. The highest BCUT2D eigenvalue weighted by Crippen LogP contribution is 2.29. The predicted octanol–water partition coefficient (Wildman–Crippen LogP) is 0.0870. The molecule has 108 valence electrons. The average molecular weight is 288 g/mol. The number of aliphatic hydroxyl groups excluding tert-OH is 1. The minimum absolute atomic E-state index is 0.146. The fourth-order valence-electron chi connectivity index (χ4n) is 2.53. The third kappa shape index (κ3) is 3.46. The van der Waals surface area contributed by atoms with Crippen LogP contribution in [0.3, 0.4) is 0 Å². The summed E-state index contributed by atoms with van der Waals surface area (Å²) in [7, 11) is -3.15. The van der Waals surface area contributed by atoms with Gasteiger partial charge in [0.2, 0.25) is 10.0 Å². The second kappa shape index (κ2) is 5.48. The van der Waals surface area contributed by atoms with Crippen LogP contribution < -0.4 is 5.73 Å². The predicted molar refractivity (Wildman–Crippen MR) is 71.7 cm³/mol. The maximum atomic E-state index is 11.5. The molecule has 0 aliphatic carbocycles. The quantitative estimate of drug-likeness (QED) is 0.726. The van der Waals surface area contributed by atoms with E-state index in [-0.39, 0.29) is 5.92 Å². The molecule has 1 aliphatic rings. The minimum Gasteiger partial charge on any atom is -0.388 e. The zero-order valence-corrected chi connectivity index (χ0v) is 11.7. The molecular weight excluding hydrogens is 268 g/mol. The van der Waals surface area contributed by atoms with E-state index < -0.39 is 16.1 Å². The van der Waals surface area contributed by atoms with Gasteiger partial charge in [-0.2, -0.15) is 5.10 Å². The third-order valence-corrected chi connectivity index (χ3v) is 4.84. The molecule has 0 radical (unpaired) electrons. The number of nitrogens with one attached hydrogen (secondary N) is 1. The van der Waals surface area contributed by atoms with Crippen LogP contribution in [0.2, 0.25) is 0 Å². The van der Waals surface area contributed by atoms with Crippen LogP contribution in [0.5, 0.6) is 0 Å². The van der Waals surface area contributed by atoms with Crippen LogP contribution in [0.4, 0.5) is 5.82 Å². The number of aromatic nitrogens is 2. The topological polar surface area (TPSA) is 112 Å². The van der Waals surface area contributed by atoms with E-state index in [4.69, 9.17) is 5.73 Å². The summed E-state index contributed by atoms with van der Waals surface area (Å²) in [5.41, 5.74) is 6.24. The molecule has 0 spiro atoms. The minimum atomic E-state index is -3.15. The van der Waals surface area contributed by atoms with Crippen molar-refractivity contribution in [1.82, 2.24) is 14.5 Å². The van der Waals surface area contributed by atoms with Crippen LogP contribution in [-0.2, 0) is 10.0 Å². The molecule has 1 aromatic rings. The van der Waals surface area contributed by atoms with Gasteiger partial charge in [-0.25, -0.2) is 12.7 Å². The molecule has 7 nitrogen and oxygen atoms in total. The molecule has 2 unspecified atom stereocenters. The average Bonchev–Trinajstić information content (AvgIpc) is 2.75. The first-order valence-electron chi connectivity index (χ1n) is 6.30. The highest BCUT2D eigenvalue weighted by Gasteiger charge is 2.28. The molecule has 8 heteroatoms. The molecule has 2 atom stereocenters. The van der Waals surface area contributed by atoms with Crippen molar-refractivity contribution in [1.29, 1.82) is 0 Å². The molecule has 1 aromatic heterocycles. The molecule has 0 saturated carbocycles. The molecule has 2 rings (SSSR count). The van der Waals surface area contributed by atoms with E-state index in [0.29, 0.717) is 30.9 Å². The Hall–Kier alpha value is -1.12. The van der Waals surface area contributed by atoms with Crippen LogP contribution in [0.25, 0.3) is 0 Å². The first kappa shape index (κ1) is 14.3. The molecular formula is C11H20N4O3S. The highest BCUT2D eigenvalue weighted by molar-refractivity contribution is 7.88. The Morgan fingerprint density at radius 3 is 3.00 bits per heavy atom. The Balaban J connectivity index is 1.98. The Labute approximate surface area is 112 Å². The lowest BCUT2D eigenvalue weighted by molar-refractivity contribution is 0.123. The van der Waals surface area contributed by atoms with Crippen molar-refractivity contribution in [3.05, 3.63) is 11.8 Å². The maximum Gasteiger partial charge on any atom is 0.211 e. The van der Waals surface area contributed by atoms with Crippen LogP contribution >= 0.6 is 0 Å². The standard InChI is InChI=1S/C11H20N4O3S/c1-19(17,18)15-4-2-3-8(7-15)5-10(16)9-6-13-14-11(9)12/h6,8,10,16H,2-5,7H2,1H3,(H3,12,13,14). The third-order valence-electron chi connectivity index (χ3n) is 3.57. The Kier molecular flexibility index (Phi) is 4.12. The van der Waals surface area contributed by atoms with E-state index in [1.54, 1.807) is 0 Å². The molecule has 0 amide bonds. The largest absolute Gasteiger partial charge is 0.388 e. The van der Waals surface area contributed by atoms with Crippen molar-refractivity contribution in [3.63, 3.8) is 0 Å². The summed E-state index contributed by atoms with van der Waals surface area (Å²) in [6.45, 7) is 1.03. The van der Waals surface area contributed by atoms with Crippen molar-refractivity contribution >= 4 is 15.8 Å². The van der Waals surface area contributed by atoms with Gasteiger partial charge in [-0.05, 0) is 25.2 Å². The summed E-state index contributed by atoms with van der Waals surface area (Å²) in [5, 5.41) is 16.5. The smallest absolute Gasteiger partial charge is 0.211 e. The summed E-state index contributed by atoms with van der Waals surface area (Å²) < 4.78 is 24.5. The fraction of sp³-hybridized carbons (Fsp3) is 0.727. The number of nitrogen functional groups attached to an aromatic ring is 1. The van der Waals surface area contributed by atoms with E-state index in [2.05, 4.69) is 10.2 Å². The van der Waals surface area contributed by atoms with E-state index in [9.17, 15) is 13.5 Å². The number of H-pyrrole nitrogens is 1. The van der Waals surface area contributed by atoms with Gasteiger partial charge in [0.05, 0.1) is 18.6 Å². The molecule has 2 heterocycles. The van der Waals surface area contributed by atoms with Crippen molar-refractivity contribution in [3.8, 4) is 0 Å². The van der Waals surface area contributed by atoms with Crippen molar-refractivity contribution in [2.45, 2.75) is 25.4 Å². The van der Waals surface area contributed by atoms with Gasteiger partial charge in [0.15, 0.2) is 0 Å². The SMILES string of the molecule is CS(=O)(=O)N1CCCC(CC(O)c2cn[nH]c2N)C1. The summed E-state index contributed by atoms with van der Waals surface area (Å²) in [6, 6.07) is 0. The van der Waals surface area contributed by atoms with Gasteiger partial charge < -0.3 is 10.8 Å². The van der Waals surface area contributed by atoms with Crippen LogP contribution in [0, 0.1) is 5.92 Å². The molecule has 0 bridgehead atoms.